The van der Waals surface area contributed by atoms with E-state index >= 15 is 0 Å². The van der Waals surface area contributed by atoms with Crippen LogP contribution in [-0.4, -0.2) is 10.1 Å². The number of hydrogen-bond acceptors (Lipinski definition) is 2. The van der Waals surface area contributed by atoms with Crippen molar-refractivity contribution in [1.29, 1.82) is 5.26 Å². The van der Waals surface area contributed by atoms with Crippen LogP contribution in [0.4, 0.5) is 4.39 Å². The van der Waals surface area contributed by atoms with E-state index in [2.05, 4.69) is 15.9 Å². The van der Waals surface area contributed by atoms with Gasteiger partial charge in [0.15, 0.2) is 0 Å². The molecule has 1 unspecified atom stereocenters. The summed E-state index contributed by atoms with van der Waals surface area (Å²) in [6.45, 7) is 1.43. The number of hydrogen-bond donors (Lipinski definition) is 0. The Balaban J connectivity index is 3.04. The average Bonchev–Trinajstić information content (AvgIpc) is 2.22. The molecule has 0 amide bonds. The Morgan fingerprint density at radius 3 is 2.61 bits per heavy atom. The number of nitrogens with zero attached hydrogens (tertiary/aromatic N) is 1. The number of benzene rings is 1. The van der Waals surface area contributed by atoms with Gasteiger partial charge in [0.05, 0.1) is 5.92 Å². The minimum Gasteiger partial charge on any atom is -0.282 e. The lowest BCUT2D eigenvalue weighted by atomic mass is 9.92. The molecule has 0 N–H and O–H groups in total. The fourth-order valence-electron chi connectivity index (χ4n) is 1.54. The van der Waals surface area contributed by atoms with E-state index in [1.54, 1.807) is 6.07 Å². The molecule has 1 atom stereocenters. The number of nitriles is 1. The Hall–Kier alpha value is -0.630. The van der Waals surface area contributed by atoms with Gasteiger partial charge in [-0.25, -0.2) is 4.39 Å². The van der Waals surface area contributed by atoms with Gasteiger partial charge < -0.3 is 0 Å². The zero-order valence-corrected chi connectivity index (χ0v) is 12.5. The van der Waals surface area contributed by atoms with Crippen molar-refractivity contribution in [3.05, 3.63) is 34.1 Å². The molecule has 0 aliphatic carbocycles. The standard InChI is InChI=1S/C12H9BrCl2FNO/c1-12(14,15)10(11(18)6-17)4-7-2-8(13)5-9(16)3-7/h2-3,5,10H,4H2,1H3. The molecule has 0 fully saturated rings. The number of rotatable bonds is 4. The summed E-state index contributed by atoms with van der Waals surface area (Å²) in [5, 5.41) is 8.66. The van der Waals surface area contributed by atoms with E-state index in [0.29, 0.717) is 10.0 Å². The minimum atomic E-state index is -1.38. The van der Waals surface area contributed by atoms with Crippen molar-refractivity contribution in [2.45, 2.75) is 17.7 Å². The van der Waals surface area contributed by atoms with E-state index in [4.69, 9.17) is 28.5 Å². The largest absolute Gasteiger partial charge is 0.282 e. The number of carbonyl (C=O) groups is 1. The molecule has 0 bridgehead atoms. The molecule has 18 heavy (non-hydrogen) atoms. The van der Waals surface area contributed by atoms with Crippen LogP contribution in [0, 0.1) is 23.1 Å². The summed E-state index contributed by atoms with van der Waals surface area (Å²) in [6.07, 6.45) is 0.103. The third kappa shape index (κ3) is 4.24. The summed E-state index contributed by atoms with van der Waals surface area (Å²) in [5.41, 5.74) is 0.544. The second-order valence-corrected chi connectivity index (χ2v) is 6.65. The quantitative estimate of drug-likeness (QED) is 0.606. The number of alkyl halides is 2. The van der Waals surface area contributed by atoms with E-state index in [9.17, 15) is 9.18 Å². The molecule has 0 aliphatic rings. The Kier molecular flexibility index (Phi) is 5.15. The maximum absolute atomic E-state index is 13.2. The van der Waals surface area contributed by atoms with Crippen LogP contribution >= 0.6 is 39.1 Å². The monoisotopic (exact) mass is 351 g/mol. The highest BCUT2D eigenvalue weighted by molar-refractivity contribution is 9.10. The lowest BCUT2D eigenvalue weighted by Gasteiger charge is -2.22. The van der Waals surface area contributed by atoms with E-state index in [1.807, 2.05) is 0 Å². The maximum Gasteiger partial charge on any atom is 0.238 e. The molecule has 0 saturated carbocycles. The lowest BCUT2D eigenvalue weighted by Crippen LogP contribution is -2.31. The molecule has 0 radical (unpaired) electrons. The van der Waals surface area contributed by atoms with Gasteiger partial charge in [0, 0.05) is 4.47 Å². The maximum atomic E-state index is 13.2. The second kappa shape index (κ2) is 6.01. The van der Waals surface area contributed by atoms with Crippen molar-refractivity contribution in [3.8, 4) is 6.07 Å². The summed E-state index contributed by atoms with van der Waals surface area (Å²) in [4.78, 5) is 11.5. The first-order chi connectivity index (χ1) is 8.24. The zero-order valence-electron chi connectivity index (χ0n) is 9.38. The Morgan fingerprint density at radius 1 is 1.56 bits per heavy atom. The van der Waals surface area contributed by atoms with Gasteiger partial charge in [0.25, 0.3) is 0 Å². The van der Waals surface area contributed by atoms with Crippen molar-refractivity contribution in [2.24, 2.45) is 5.92 Å². The first-order valence-corrected chi connectivity index (χ1v) is 6.55. The molecule has 96 valence electrons. The van der Waals surface area contributed by atoms with Gasteiger partial charge in [-0.15, -0.1) is 23.2 Å². The Morgan fingerprint density at radius 2 is 2.17 bits per heavy atom. The summed E-state index contributed by atoms with van der Waals surface area (Å²) >= 11 is 14.9. The topological polar surface area (TPSA) is 40.9 Å². The van der Waals surface area contributed by atoms with Crippen LogP contribution in [0.3, 0.4) is 0 Å². The molecular weight excluding hydrogens is 344 g/mol. The molecule has 2 nitrogen and oxygen atoms in total. The van der Waals surface area contributed by atoms with Crippen molar-refractivity contribution >= 4 is 44.9 Å². The number of halogens is 4. The van der Waals surface area contributed by atoms with Crippen LogP contribution in [0.25, 0.3) is 0 Å². The molecule has 0 spiro atoms. The average molecular weight is 353 g/mol. The van der Waals surface area contributed by atoms with Crippen molar-refractivity contribution in [1.82, 2.24) is 0 Å². The Labute approximate surface area is 123 Å². The van der Waals surface area contributed by atoms with Crippen LogP contribution in [0.2, 0.25) is 0 Å². The van der Waals surface area contributed by atoms with Crippen LogP contribution < -0.4 is 0 Å². The molecule has 1 aromatic carbocycles. The van der Waals surface area contributed by atoms with Crippen LogP contribution in [0.1, 0.15) is 12.5 Å². The molecule has 6 heteroatoms. The van der Waals surface area contributed by atoms with Crippen molar-refractivity contribution in [2.75, 3.05) is 0 Å². The molecule has 1 aromatic rings. The van der Waals surface area contributed by atoms with Crippen LogP contribution in [0.15, 0.2) is 22.7 Å². The molecule has 0 aromatic heterocycles. The number of carbonyl (C=O) groups excluding carboxylic acids is 1. The number of Topliss-reactive ketones (excluding diaryl/α,β-unsaturated/α-hetero) is 1. The van der Waals surface area contributed by atoms with E-state index in [0.717, 1.165) is 0 Å². The third-order valence-electron chi connectivity index (χ3n) is 2.40. The molecule has 0 heterocycles. The fraction of sp³-hybridized carbons (Fsp3) is 0.333. The van der Waals surface area contributed by atoms with Crippen LogP contribution in [0.5, 0.6) is 0 Å². The molecule has 0 aliphatic heterocycles. The second-order valence-electron chi connectivity index (χ2n) is 3.97. The van der Waals surface area contributed by atoms with Gasteiger partial charge in [-0.2, -0.15) is 5.26 Å². The Bertz CT molecular complexity index is 488. The van der Waals surface area contributed by atoms with Gasteiger partial charge in [-0.05, 0) is 37.1 Å². The smallest absolute Gasteiger partial charge is 0.238 e. The van der Waals surface area contributed by atoms with Gasteiger partial charge in [0.1, 0.15) is 16.2 Å². The van der Waals surface area contributed by atoms with E-state index in [1.165, 1.54) is 25.1 Å². The molecule has 0 saturated heterocycles. The highest BCUT2D eigenvalue weighted by Gasteiger charge is 2.35. The SMILES string of the molecule is CC(Cl)(Cl)C(Cc1cc(F)cc(Br)c1)C(=O)C#N. The summed E-state index contributed by atoms with van der Waals surface area (Å²) in [5.74, 6) is -2.06. The van der Waals surface area contributed by atoms with Gasteiger partial charge in [-0.3, -0.25) is 4.79 Å². The van der Waals surface area contributed by atoms with Crippen molar-refractivity contribution in [3.63, 3.8) is 0 Å². The normalized spacial score (nSPS) is 12.9. The van der Waals surface area contributed by atoms with E-state index in [-0.39, 0.29) is 6.42 Å². The van der Waals surface area contributed by atoms with Crippen LogP contribution in [-0.2, 0) is 11.2 Å². The highest BCUT2D eigenvalue weighted by atomic mass is 79.9. The van der Waals surface area contributed by atoms with Gasteiger partial charge >= 0.3 is 0 Å². The predicted molar refractivity (Wildman–Crippen MR) is 72.0 cm³/mol. The zero-order chi connectivity index (χ0) is 13.9. The van der Waals surface area contributed by atoms with E-state index < -0.39 is 21.9 Å². The molecule has 1 rings (SSSR count). The number of ketones is 1. The lowest BCUT2D eigenvalue weighted by molar-refractivity contribution is -0.117. The predicted octanol–water partition coefficient (Wildman–Crippen LogP) is 4.03. The third-order valence-corrected chi connectivity index (χ3v) is 3.39. The van der Waals surface area contributed by atoms with Gasteiger partial charge in [0.2, 0.25) is 5.78 Å². The van der Waals surface area contributed by atoms with Gasteiger partial charge in [-0.1, -0.05) is 15.9 Å². The first-order valence-electron chi connectivity index (χ1n) is 5.00. The van der Waals surface area contributed by atoms with Crippen molar-refractivity contribution < 1.29 is 9.18 Å². The molecular formula is C12H9BrCl2FNO. The fourth-order valence-corrected chi connectivity index (χ4v) is 2.41. The summed E-state index contributed by atoms with van der Waals surface area (Å²) in [7, 11) is 0. The minimum absolute atomic E-state index is 0.103. The summed E-state index contributed by atoms with van der Waals surface area (Å²) < 4.78 is 12.4. The first kappa shape index (κ1) is 15.4. The highest BCUT2D eigenvalue weighted by Crippen LogP contribution is 2.33. The summed E-state index contributed by atoms with van der Waals surface area (Å²) in [6, 6.07) is 5.74.